The number of nitrogens with zero attached hydrogens (tertiary/aromatic N) is 2. The number of thiophene rings is 1. The summed E-state index contributed by atoms with van der Waals surface area (Å²) in [4.78, 5) is 2.64. The van der Waals surface area contributed by atoms with Gasteiger partial charge in [0.05, 0.1) is 12.3 Å². The molecule has 1 aliphatic rings. The molecule has 1 aromatic rings. The van der Waals surface area contributed by atoms with E-state index in [0.29, 0.717) is 5.17 Å². The Labute approximate surface area is 122 Å². The van der Waals surface area contributed by atoms with E-state index in [0.717, 1.165) is 43.9 Å². The van der Waals surface area contributed by atoms with Gasteiger partial charge in [0.15, 0.2) is 5.17 Å². The second-order valence-electron chi connectivity index (χ2n) is 4.42. The highest BCUT2D eigenvalue weighted by molar-refractivity contribution is 8.14. The highest BCUT2D eigenvalue weighted by atomic mass is 32.2. The number of ether oxygens (including phenoxy) is 1. The number of thioether (sulfide) groups is 1. The normalized spacial score (nSPS) is 15.2. The Balaban J connectivity index is 1.53. The quantitative estimate of drug-likeness (QED) is 0.786. The molecule has 19 heavy (non-hydrogen) atoms. The number of nitrogens with two attached hydrogens (primary N) is 1. The third-order valence-corrected chi connectivity index (χ3v) is 4.55. The third-order valence-electron chi connectivity index (χ3n) is 2.72. The van der Waals surface area contributed by atoms with Crippen molar-refractivity contribution in [2.24, 2.45) is 15.9 Å². The summed E-state index contributed by atoms with van der Waals surface area (Å²) in [7, 11) is 0. The second-order valence-corrected chi connectivity index (χ2v) is 6.78. The predicted octanol–water partition coefficient (Wildman–Crippen LogP) is 3.16. The van der Waals surface area contributed by atoms with E-state index < -0.39 is 0 Å². The number of rotatable bonds is 7. The summed E-state index contributed by atoms with van der Waals surface area (Å²) >= 11 is 3.36. The first kappa shape index (κ1) is 14.6. The first-order chi connectivity index (χ1) is 9.24. The zero-order valence-corrected chi connectivity index (χ0v) is 12.7. The predicted molar refractivity (Wildman–Crippen MR) is 84.1 cm³/mol. The van der Waals surface area contributed by atoms with Crippen LogP contribution >= 0.6 is 23.1 Å². The highest BCUT2D eigenvalue weighted by Gasteiger charge is 2.07. The average molecular weight is 297 g/mol. The summed E-state index contributed by atoms with van der Waals surface area (Å²) in [6.07, 6.45) is 3.15. The van der Waals surface area contributed by atoms with Crippen molar-refractivity contribution in [3.63, 3.8) is 0 Å². The molecule has 0 bridgehead atoms. The zero-order valence-electron chi connectivity index (χ0n) is 11.1. The van der Waals surface area contributed by atoms with Crippen LogP contribution < -0.4 is 5.73 Å². The van der Waals surface area contributed by atoms with Gasteiger partial charge in [0.1, 0.15) is 0 Å². The van der Waals surface area contributed by atoms with E-state index in [1.807, 2.05) is 0 Å². The van der Waals surface area contributed by atoms with Crippen LogP contribution in [0.5, 0.6) is 0 Å². The maximum absolute atomic E-state index is 5.66. The molecule has 1 aliphatic heterocycles. The Bertz CT molecular complexity index is 468. The molecular weight excluding hydrogens is 278 g/mol. The van der Waals surface area contributed by atoms with Gasteiger partial charge in [-0.25, -0.2) is 0 Å². The molecule has 0 fully saturated rings. The van der Waals surface area contributed by atoms with Crippen LogP contribution in [0.3, 0.4) is 0 Å². The van der Waals surface area contributed by atoms with E-state index >= 15 is 0 Å². The smallest absolute Gasteiger partial charge is 0.180 e. The molecule has 0 aromatic carbocycles. The van der Waals surface area contributed by atoms with Gasteiger partial charge < -0.3 is 10.5 Å². The number of amidine groups is 1. The summed E-state index contributed by atoms with van der Waals surface area (Å²) in [5.41, 5.74) is 6.67. The van der Waals surface area contributed by atoms with Gasteiger partial charge in [-0.2, -0.15) is 5.10 Å². The lowest BCUT2D eigenvalue weighted by Gasteiger charge is -2.08. The van der Waals surface area contributed by atoms with Crippen LogP contribution in [0.1, 0.15) is 29.0 Å². The molecule has 1 aromatic heterocycles. The zero-order chi connectivity index (χ0) is 13.5. The molecule has 0 unspecified atom stereocenters. The standard InChI is InChI=1S/C13H19N3OS2/c1-10-5-6-12(19-10)8-17-7-3-2-4-11-9-18-13(14)16-15-11/h5-6H,2-4,7-9H2,1H3,(H2,14,16). The first-order valence-corrected chi connectivity index (χ1v) is 8.19. The van der Waals surface area contributed by atoms with Gasteiger partial charge in [0.2, 0.25) is 0 Å². The van der Waals surface area contributed by atoms with E-state index in [-0.39, 0.29) is 0 Å². The Hall–Kier alpha value is -0.850. The van der Waals surface area contributed by atoms with Crippen molar-refractivity contribution >= 4 is 34.0 Å². The van der Waals surface area contributed by atoms with Gasteiger partial charge in [-0.15, -0.1) is 16.4 Å². The average Bonchev–Trinajstić information content (AvgIpc) is 2.81. The van der Waals surface area contributed by atoms with Crippen LogP contribution in [0.2, 0.25) is 0 Å². The fraction of sp³-hybridized carbons (Fsp3) is 0.538. The molecule has 6 heteroatoms. The van der Waals surface area contributed by atoms with Crippen molar-refractivity contribution in [2.75, 3.05) is 12.4 Å². The number of hydrogen-bond donors (Lipinski definition) is 1. The van der Waals surface area contributed by atoms with E-state index in [4.69, 9.17) is 10.5 Å². The summed E-state index contributed by atoms with van der Waals surface area (Å²) in [5.74, 6) is 0.880. The van der Waals surface area contributed by atoms with E-state index in [9.17, 15) is 0 Å². The van der Waals surface area contributed by atoms with Crippen molar-refractivity contribution in [3.8, 4) is 0 Å². The van der Waals surface area contributed by atoms with E-state index in [2.05, 4.69) is 29.3 Å². The summed E-state index contributed by atoms with van der Waals surface area (Å²) < 4.78 is 5.66. The van der Waals surface area contributed by atoms with Crippen molar-refractivity contribution in [2.45, 2.75) is 32.8 Å². The van der Waals surface area contributed by atoms with Gasteiger partial charge in [-0.3, -0.25) is 0 Å². The topological polar surface area (TPSA) is 60.0 Å². The molecule has 0 spiro atoms. The van der Waals surface area contributed by atoms with Crippen LogP contribution in [0.25, 0.3) is 0 Å². The summed E-state index contributed by atoms with van der Waals surface area (Å²) in [6.45, 7) is 3.66. The van der Waals surface area contributed by atoms with Crippen molar-refractivity contribution in [3.05, 3.63) is 21.9 Å². The van der Waals surface area contributed by atoms with E-state index in [1.165, 1.54) is 9.75 Å². The molecule has 2 N–H and O–H groups in total. The monoisotopic (exact) mass is 297 g/mol. The molecule has 104 valence electrons. The lowest BCUT2D eigenvalue weighted by atomic mass is 10.2. The Morgan fingerprint density at radius 3 is 2.89 bits per heavy atom. The lowest BCUT2D eigenvalue weighted by molar-refractivity contribution is 0.119. The molecule has 0 aliphatic carbocycles. The minimum Gasteiger partial charge on any atom is -0.377 e. The molecule has 2 rings (SSSR count). The SMILES string of the molecule is Cc1ccc(COCCCCC2=NN=C(N)SC2)s1. The minimum absolute atomic E-state index is 0.568. The molecule has 0 saturated carbocycles. The molecule has 0 radical (unpaired) electrons. The van der Waals surface area contributed by atoms with Gasteiger partial charge >= 0.3 is 0 Å². The summed E-state index contributed by atoms with van der Waals surface area (Å²) in [5, 5.41) is 8.55. The number of aryl methyl sites for hydroxylation is 1. The van der Waals surface area contributed by atoms with Gasteiger partial charge in [-0.1, -0.05) is 11.8 Å². The summed E-state index contributed by atoms with van der Waals surface area (Å²) in [6, 6.07) is 4.27. The molecule has 2 heterocycles. The lowest BCUT2D eigenvalue weighted by Crippen LogP contribution is -2.15. The second kappa shape index (κ2) is 7.67. The molecule has 0 saturated heterocycles. The molecule has 0 atom stereocenters. The molecular formula is C13H19N3OS2. The highest BCUT2D eigenvalue weighted by Crippen LogP contribution is 2.16. The Morgan fingerprint density at radius 2 is 2.21 bits per heavy atom. The molecule has 4 nitrogen and oxygen atoms in total. The van der Waals surface area contributed by atoms with Crippen molar-refractivity contribution in [1.29, 1.82) is 0 Å². The van der Waals surface area contributed by atoms with Crippen LogP contribution in [-0.2, 0) is 11.3 Å². The van der Waals surface area contributed by atoms with E-state index in [1.54, 1.807) is 23.1 Å². The van der Waals surface area contributed by atoms with Gasteiger partial charge in [-0.05, 0) is 38.3 Å². The fourth-order valence-electron chi connectivity index (χ4n) is 1.73. The van der Waals surface area contributed by atoms with Crippen LogP contribution in [0.4, 0.5) is 0 Å². The van der Waals surface area contributed by atoms with Crippen LogP contribution in [0.15, 0.2) is 22.3 Å². The van der Waals surface area contributed by atoms with Gasteiger partial charge in [0.25, 0.3) is 0 Å². The first-order valence-electron chi connectivity index (χ1n) is 6.39. The van der Waals surface area contributed by atoms with Crippen LogP contribution in [0, 0.1) is 6.92 Å². The van der Waals surface area contributed by atoms with Crippen LogP contribution in [-0.4, -0.2) is 23.2 Å². The fourth-order valence-corrected chi connectivity index (χ4v) is 3.17. The molecule has 0 amide bonds. The van der Waals surface area contributed by atoms with Gasteiger partial charge in [0, 0.05) is 22.1 Å². The Morgan fingerprint density at radius 1 is 1.32 bits per heavy atom. The largest absolute Gasteiger partial charge is 0.377 e. The number of unbranched alkanes of at least 4 members (excludes halogenated alkanes) is 1. The maximum atomic E-state index is 5.66. The van der Waals surface area contributed by atoms with Crippen molar-refractivity contribution in [1.82, 2.24) is 0 Å². The third kappa shape index (κ3) is 5.34. The maximum Gasteiger partial charge on any atom is 0.180 e. The Kier molecular flexibility index (Phi) is 5.88. The van der Waals surface area contributed by atoms with Crippen molar-refractivity contribution < 1.29 is 4.74 Å². The minimum atomic E-state index is 0.568. The number of hydrogen-bond acceptors (Lipinski definition) is 6.